The Morgan fingerprint density at radius 2 is 1.91 bits per heavy atom. The van der Waals surface area contributed by atoms with Gasteiger partial charge < -0.3 is 14.8 Å². The molecule has 1 aliphatic carbocycles. The monoisotopic (exact) mass is 428 g/mol. The van der Waals surface area contributed by atoms with Crippen LogP contribution in [0.2, 0.25) is 0 Å². The summed E-state index contributed by atoms with van der Waals surface area (Å²) in [6.45, 7) is 3.54. The first-order chi connectivity index (χ1) is 15.6. The molecule has 4 rings (SSSR count). The number of allylic oxidation sites excluding steroid dienone is 1. The van der Waals surface area contributed by atoms with Crippen molar-refractivity contribution in [3.63, 3.8) is 0 Å². The maximum absolute atomic E-state index is 13.0. The summed E-state index contributed by atoms with van der Waals surface area (Å²) in [6.07, 6.45) is 5.11. The first-order valence-electron chi connectivity index (χ1n) is 10.4. The Morgan fingerprint density at radius 3 is 2.66 bits per heavy atom. The molecule has 6 nitrogen and oxygen atoms in total. The molecule has 32 heavy (non-hydrogen) atoms. The minimum Gasteiger partial charge on any atom is -0.497 e. The molecule has 2 aromatic carbocycles. The SMILES string of the molecule is C=CCNC(=O)COC(=O)c1c2c(nc3ccccc13)/C(=C/c1ccc(OC)cc1)CC2. The Bertz CT molecular complexity index is 1210. The van der Waals surface area contributed by atoms with Gasteiger partial charge in [0.25, 0.3) is 5.91 Å². The number of rotatable bonds is 7. The zero-order chi connectivity index (χ0) is 22.5. The van der Waals surface area contributed by atoms with Gasteiger partial charge in [0.1, 0.15) is 5.75 Å². The zero-order valence-electron chi connectivity index (χ0n) is 17.9. The summed E-state index contributed by atoms with van der Waals surface area (Å²) in [7, 11) is 1.64. The fourth-order valence-corrected chi connectivity index (χ4v) is 3.85. The number of pyridine rings is 1. The van der Waals surface area contributed by atoms with E-state index in [2.05, 4.69) is 18.0 Å². The molecule has 0 bridgehead atoms. The van der Waals surface area contributed by atoms with E-state index in [0.29, 0.717) is 18.5 Å². The molecular weight excluding hydrogens is 404 g/mol. The van der Waals surface area contributed by atoms with Gasteiger partial charge in [-0.3, -0.25) is 4.79 Å². The summed E-state index contributed by atoms with van der Waals surface area (Å²) in [5, 5.41) is 3.34. The third kappa shape index (κ3) is 4.39. The Morgan fingerprint density at radius 1 is 1.12 bits per heavy atom. The van der Waals surface area contributed by atoms with Crippen molar-refractivity contribution in [2.24, 2.45) is 0 Å². The lowest BCUT2D eigenvalue weighted by Gasteiger charge is -2.12. The number of methoxy groups -OCH3 is 1. The number of amides is 1. The molecule has 0 saturated heterocycles. The van der Waals surface area contributed by atoms with Crippen LogP contribution in [0.3, 0.4) is 0 Å². The summed E-state index contributed by atoms with van der Waals surface area (Å²) >= 11 is 0. The first kappa shape index (κ1) is 21.3. The summed E-state index contributed by atoms with van der Waals surface area (Å²) in [5.74, 6) is -0.0853. The molecule has 0 unspecified atom stereocenters. The largest absolute Gasteiger partial charge is 0.497 e. The number of hydrogen-bond acceptors (Lipinski definition) is 5. The first-order valence-corrected chi connectivity index (χ1v) is 10.4. The smallest absolute Gasteiger partial charge is 0.339 e. The van der Waals surface area contributed by atoms with E-state index in [1.165, 1.54) is 0 Å². The third-order valence-electron chi connectivity index (χ3n) is 5.38. The normalized spacial score (nSPS) is 13.6. The van der Waals surface area contributed by atoms with E-state index >= 15 is 0 Å². The molecule has 162 valence electrons. The number of hydrogen-bond donors (Lipinski definition) is 1. The van der Waals surface area contributed by atoms with Gasteiger partial charge in [-0.05, 0) is 53.8 Å². The second kappa shape index (κ2) is 9.47. The summed E-state index contributed by atoms with van der Waals surface area (Å²) in [4.78, 5) is 29.8. The second-order valence-corrected chi connectivity index (χ2v) is 7.44. The van der Waals surface area contributed by atoms with Crippen molar-refractivity contribution in [1.29, 1.82) is 0 Å². The number of carbonyl (C=O) groups is 2. The highest BCUT2D eigenvalue weighted by atomic mass is 16.5. The van der Waals surface area contributed by atoms with Crippen LogP contribution in [-0.4, -0.2) is 37.1 Å². The van der Waals surface area contributed by atoms with Gasteiger partial charge in [0.05, 0.1) is 23.9 Å². The van der Waals surface area contributed by atoms with Crippen molar-refractivity contribution in [1.82, 2.24) is 10.3 Å². The molecule has 0 spiro atoms. The van der Waals surface area contributed by atoms with Crippen LogP contribution < -0.4 is 10.1 Å². The van der Waals surface area contributed by atoms with Gasteiger partial charge in [-0.25, -0.2) is 9.78 Å². The number of para-hydroxylation sites is 1. The molecular formula is C26H24N2O4. The predicted molar refractivity (Wildman–Crippen MR) is 124 cm³/mol. The molecule has 1 amide bonds. The molecule has 0 aliphatic heterocycles. The van der Waals surface area contributed by atoms with Gasteiger partial charge in [-0.1, -0.05) is 36.4 Å². The minimum atomic E-state index is -0.515. The van der Waals surface area contributed by atoms with Gasteiger partial charge >= 0.3 is 5.97 Å². The molecule has 0 radical (unpaired) electrons. The van der Waals surface area contributed by atoms with E-state index in [4.69, 9.17) is 14.5 Å². The number of fused-ring (bicyclic) bond motifs is 2. The number of nitrogens with zero attached hydrogens (tertiary/aromatic N) is 1. The number of ether oxygens (including phenoxy) is 2. The van der Waals surface area contributed by atoms with Crippen molar-refractivity contribution >= 4 is 34.4 Å². The highest BCUT2D eigenvalue weighted by Gasteiger charge is 2.27. The highest BCUT2D eigenvalue weighted by molar-refractivity contribution is 6.07. The molecule has 6 heteroatoms. The Hall–Kier alpha value is -3.93. The lowest BCUT2D eigenvalue weighted by molar-refractivity contribution is -0.124. The quantitative estimate of drug-likeness (QED) is 0.451. The number of esters is 1. The molecule has 0 fully saturated rings. The summed E-state index contributed by atoms with van der Waals surface area (Å²) in [5.41, 5.74) is 4.97. The molecule has 1 N–H and O–H groups in total. The molecule has 0 saturated carbocycles. The van der Waals surface area contributed by atoms with Gasteiger partial charge in [0.2, 0.25) is 0 Å². The van der Waals surface area contributed by atoms with Crippen molar-refractivity contribution in [2.45, 2.75) is 12.8 Å². The van der Waals surface area contributed by atoms with Crippen LogP contribution >= 0.6 is 0 Å². The average Bonchev–Trinajstić information content (AvgIpc) is 3.22. The van der Waals surface area contributed by atoms with Crippen molar-refractivity contribution in [2.75, 3.05) is 20.3 Å². The number of nitrogens with one attached hydrogen (secondary N) is 1. The Balaban J connectivity index is 1.69. The predicted octanol–water partition coefficient (Wildman–Crippen LogP) is 4.19. The number of aromatic nitrogens is 1. The van der Waals surface area contributed by atoms with E-state index in [1.54, 1.807) is 13.2 Å². The van der Waals surface area contributed by atoms with E-state index in [1.807, 2.05) is 48.5 Å². The lowest BCUT2D eigenvalue weighted by Crippen LogP contribution is -2.29. The minimum absolute atomic E-state index is 0.323. The summed E-state index contributed by atoms with van der Waals surface area (Å²) in [6, 6.07) is 15.3. The molecule has 3 aromatic rings. The van der Waals surface area contributed by atoms with Crippen LogP contribution in [0.25, 0.3) is 22.6 Å². The third-order valence-corrected chi connectivity index (χ3v) is 5.38. The van der Waals surface area contributed by atoms with Crippen molar-refractivity contribution in [3.05, 3.63) is 83.6 Å². The second-order valence-electron chi connectivity index (χ2n) is 7.44. The van der Waals surface area contributed by atoms with Gasteiger partial charge in [-0.2, -0.15) is 0 Å². The van der Waals surface area contributed by atoms with Gasteiger partial charge in [-0.15, -0.1) is 6.58 Å². The van der Waals surface area contributed by atoms with Crippen LogP contribution in [0.1, 0.15) is 33.6 Å². The maximum Gasteiger partial charge on any atom is 0.339 e. The molecule has 1 aromatic heterocycles. The Kier molecular flexibility index (Phi) is 6.31. The molecule has 0 atom stereocenters. The average molecular weight is 428 g/mol. The number of benzene rings is 2. The van der Waals surface area contributed by atoms with Crippen LogP contribution in [0.4, 0.5) is 0 Å². The van der Waals surface area contributed by atoms with Gasteiger partial charge in [0.15, 0.2) is 6.61 Å². The van der Waals surface area contributed by atoms with Crippen LogP contribution in [0.15, 0.2) is 61.2 Å². The standard InChI is InChI=1S/C26H24N2O4/c1-3-14-27-23(29)16-32-26(30)24-20-6-4-5-7-22(20)28-25-18(10-13-21(24)25)15-17-8-11-19(31-2)12-9-17/h3-9,11-12,15H,1,10,13-14,16H2,2H3,(H,27,29)/b18-15+. The topological polar surface area (TPSA) is 77.5 Å². The fourth-order valence-electron chi connectivity index (χ4n) is 3.85. The maximum atomic E-state index is 13.0. The highest BCUT2D eigenvalue weighted by Crippen LogP contribution is 2.37. The van der Waals surface area contributed by atoms with Gasteiger partial charge in [0, 0.05) is 11.9 Å². The Labute approximate surface area is 186 Å². The van der Waals surface area contributed by atoms with E-state index in [9.17, 15) is 9.59 Å². The molecule has 1 heterocycles. The lowest BCUT2D eigenvalue weighted by atomic mass is 10.0. The van der Waals surface area contributed by atoms with Crippen LogP contribution in [-0.2, 0) is 16.0 Å². The van der Waals surface area contributed by atoms with E-state index < -0.39 is 5.97 Å². The number of carbonyl (C=O) groups excluding carboxylic acids is 2. The van der Waals surface area contributed by atoms with Crippen LogP contribution in [0.5, 0.6) is 5.75 Å². The molecule has 1 aliphatic rings. The fraction of sp³-hybridized carbons (Fsp3) is 0.192. The summed E-state index contributed by atoms with van der Waals surface area (Å²) < 4.78 is 10.6. The van der Waals surface area contributed by atoms with Crippen molar-refractivity contribution in [3.8, 4) is 5.75 Å². The zero-order valence-corrected chi connectivity index (χ0v) is 17.9. The van der Waals surface area contributed by atoms with Crippen molar-refractivity contribution < 1.29 is 19.1 Å². The van der Waals surface area contributed by atoms with E-state index in [-0.39, 0.29) is 12.5 Å². The van der Waals surface area contributed by atoms with E-state index in [0.717, 1.165) is 45.5 Å². The van der Waals surface area contributed by atoms with Crippen LogP contribution in [0, 0.1) is 0 Å².